The molecule has 3 amide bonds. The number of ether oxygens (including phenoxy) is 1. The number of hydrogen-bond donors (Lipinski definition) is 4. The van der Waals surface area contributed by atoms with Gasteiger partial charge in [0.1, 0.15) is 23.1 Å². The Labute approximate surface area is 198 Å². The second-order valence-corrected chi connectivity index (χ2v) is 9.04. The summed E-state index contributed by atoms with van der Waals surface area (Å²) in [5, 5.41) is 18.7. The standard InChI is InChI=1S/C25H20F2N4O4/c26-17-4-1-12(9-18(17)27)29-24(34)31-25-11-16(25)22(25)15-10-13(2-5-19(15)32)35-20-7-8-28-23-14(20)3-6-21(33)30-23/h1-2,4-5,7-10,16,22,32H,3,6,11H2,(H,28,30,33)(H2,29,31,34)/t16-,22+,25-/m0/s1. The molecule has 2 saturated carbocycles. The molecule has 178 valence electrons. The average Bonchev–Trinajstić information content (AvgIpc) is 3.68. The summed E-state index contributed by atoms with van der Waals surface area (Å²) >= 11 is 0. The van der Waals surface area contributed by atoms with Gasteiger partial charge in [0.15, 0.2) is 11.6 Å². The SMILES string of the molecule is O=C1CCc2c(Oc3ccc(O)c([C@@H]4[C@@H]5C[C@@]45NC(=O)Nc4ccc(F)c(F)c4)c3)ccnc2N1. The van der Waals surface area contributed by atoms with Crippen molar-refractivity contribution in [3.05, 3.63) is 71.4 Å². The largest absolute Gasteiger partial charge is 0.508 e. The molecule has 1 aliphatic heterocycles. The van der Waals surface area contributed by atoms with Gasteiger partial charge in [0, 0.05) is 41.4 Å². The molecular weight excluding hydrogens is 458 g/mol. The van der Waals surface area contributed by atoms with Crippen molar-refractivity contribution in [2.45, 2.75) is 30.7 Å². The van der Waals surface area contributed by atoms with Crippen LogP contribution in [-0.2, 0) is 11.2 Å². The number of aromatic hydroxyl groups is 1. The maximum absolute atomic E-state index is 13.4. The van der Waals surface area contributed by atoms with Gasteiger partial charge in [-0.3, -0.25) is 4.79 Å². The van der Waals surface area contributed by atoms with Gasteiger partial charge in [-0.05, 0) is 55.2 Å². The van der Waals surface area contributed by atoms with Crippen LogP contribution in [0.2, 0.25) is 0 Å². The molecule has 4 N–H and O–H groups in total. The first-order valence-corrected chi connectivity index (χ1v) is 11.2. The maximum Gasteiger partial charge on any atom is 0.319 e. The molecule has 8 nitrogen and oxygen atoms in total. The molecule has 0 unspecified atom stereocenters. The van der Waals surface area contributed by atoms with Crippen molar-refractivity contribution in [3.63, 3.8) is 0 Å². The summed E-state index contributed by atoms with van der Waals surface area (Å²) in [5.74, 6) is -0.383. The molecule has 2 fully saturated rings. The van der Waals surface area contributed by atoms with Crippen molar-refractivity contribution in [1.82, 2.24) is 10.3 Å². The third-order valence-electron chi connectivity index (χ3n) is 6.87. The number of aromatic nitrogens is 1. The number of benzene rings is 2. The Morgan fingerprint density at radius 1 is 1.14 bits per heavy atom. The first kappa shape index (κ1) is 21.3. The van der Waals surface area contributed by atoms with Crippen molar-refractivity contribution in [3.8, 4) is 17.2 Å². The lowest BCUT2D eigenvalue weighted by Gasteiger charge is -2.20. The Bertz CT molecular complexity index is 1400. The summed E-state index contributed by atoms with van der Waals surface area (Å²) in [6.07, 6.45) is 3.17. The predicted octanol–water partition coefficient (Wildman–Crippen LogP) is 4.42. The van der Waals surface area contributed by atoms with Crippen LogP contribution in [0.3, 0.4) is 0 Å². The molecule has 2 aliphatic carbocycles. The molecule has 2 aromatic carbocycles. The van der Waals surface area contributed by atoms with Gasteiger partial charge in [-0.1, -0.05) is 0 Å². The first-order chi connectivity index (χ1) is 16.8. The number of rotatable bonds is 5. The normalized spacial score (nSPS) is 23.4. The van der Waals surface area contributed by atoms with E-state index < -0.39 is 23.2 Å². The monoisotopic (exact) mass is 478 g/mol. The van der Waals surface area contributed by atoms with Gasteiger partial charge >= 0.3 is 6.03 Å². The van der Waals surface area contributed by atoms with Crippen molar-refractivity contribution in [1.29, 1.82) is 0 Å². The fourth-order valence-electron chi connectivity index (χ4n) is 4.90. The van der Waals surface area contributed by atoms with E-state index in [9.17, 15) is 23.5 Å². The lowest BCUT2D eigenvalue weighted by atomic mass is 9.99. The van der Waals surface area contributed by atoms with Crippen LogP contribution >= 0.6 is 0 Å². The van der Waals surface area contributed by atoms with E-state index in [-0.39, 0.29) is 29.2 Å². The minimum absolute atomic E-state index is 0.0894. The predicted molar refractivity (Wildman–Crippen MR) is 121 cm³/mol. The quantitative estimate of drug-likeness (QED) is 0.434. The van der Waals surface area contributed by atoms with Crippen molar-refractivity contribution in [2.75, 3.05) is 10.6 Å². The van der Waals surface area contributed by atoms with Gasteiger partial charge in [0.25, 0.3) is 0 Å². The van der Waals surface area contributed by atoms with Crippen LogP contribution in [0.1, 0.15) is 29.9 Å². The van der Waals surface area contributed by atoms with E-state index in [1.54, 1.807) is 30.5 Å². The topological polar surface area (TPSA) is 113 Å². The highest BCUT2D eigenvalue weighted by Crippen LogP contribution is 2.77. The van der Waals surface area contributed by atoms with Gasteiger partial charge in [0.05, 0.1) is 5.54 Å². The Morgan fingerprint density at radius 2 is 2.00 bits per heavy atom. The summed E-state index contributed by atoms with van der Waals surface area (Å²) in [5.41, 5.74) is 1.12. The summed E-state index contributed by atoms with van der Waals surface area (Å²) in [4.78, 5) is 28.3. The molecule has 3 aliphatic rings. The molecular formula is C25H20F2N4O4. The third-order valence-corrected chi connectivity index (χ3v) is 6.87. The highest BCUT2D eigenvalue weighted by atomic mass is 19.2. The van der Waals surface area contributed by atoms with E-state index in [0.717, 1.165) is 24.1 Å². The number of halogens is 2. The molecule has 1 aromatic heterocycles. The number of nitrogens with zero attached hydrogens (tertiary/aromatic N) is 1. The summed E-state index contributed by atoms with van der Waals surface area (Å²) < 4.78 is 32.6. The number of fused-ring (bicyclic) bond motifs is 2. The molecule has 35 heavy (non-hydrogen) atoms. The van der Waals surface area contributed by atoms with Crippen molar-refractivity contribution >= 4 is 23.4 Å². The van der Waals surface area contributed by atoms with E-state index in [1.807, 2.05) is 0 Å². The number of anilines is 2. The number of amides is 3. The number of pyridine rings is 1. The molecule has 0 saturated heterocycles. The van der Waals surface area contributed by atoms with Crippen molar-refractivity contribution in [2.24, 2.45) is 5.92 Å². The van der Waals surface area contributed by atoms with Crippen LogP contribution in [0.25, 0.3) is 0 Å². The Morgan fingerprint density at radius 3 is 2.80 bits per heavy atom. The van der Waals surface area contributed by atoms with Gasteiger partial charge < -0.3 is 25.8 Å². The minimum atomic E-state index is -1.05. The van der Waals surface area contributed by atoms with Crippen LogP contribution in [-0.4, -0.2) is 27.6 Å². The second kappa shape index (κ2) is 7.66. The molecule has 3 atom stereocenters. The Hall–Kier alpha value is -4.21. The van der Waals surface area contributed by atoms with E-state index in [1.165, 1.54) is 6.07 Å². The third kappa shape index (κ3) is 3.71. The Kier molecular flexibility index (Phi) is 4.67. The molecule has 0 radical (unpaired) electrons. The van der Waals surface area contributed by atoms with Crippen LogP contribution in [0.4, 0.5) is 25.1 Å². The number of carbonyl (C=O) groups is 2. The minimum Gasteiger partial charge on any atom is -0.508 e. The Balaban J connectivity index is 1.17. The highest BCUT2D eigenvalue weighted by Gasteiger charge is 2.80. The molecule has 0 spiro atoms. The lowest BCUT2D eigenvalue weighted by Crippen LogP contribution is -2.36. The van der Waals surface area contributed by atoms with E-state index in [4.69, 9.17) is 4.74 Å². The number of hydrogen-bond acceptors (Lipinski definition) is 5. The zero-order chi connectivity index (χ0) is 24.3. The van der Waals surface area contributed by atoms with Crippen LogP contribution < -0.4 is 20.7 Å². The fraction of sp³-hybridized carbons (Fsp3) is 0.240. The molecule has 3 aromatic rings. The van der Waals surface area contributed by atoms with Crippen LogP contribution in [0.15, 0.2) is 48.7 Å². The van der Waals surface area contributed by atoms with Crippen molar-refractivity contribution < 1.29 is 28.2 Å². The second-order valence-electron chi connectivity index (χ2n) is 9.04. The fourth-order valence-corrected chi connectivity index (χ4v) is 4.90. The van der Waals surface area contributed by atoms with Gasteiger partial charge in [0.2, 0.25) is 5.91 Å². The van der Waals surface area contributed by atoms with Gasteiger partial charge in [-0.25, -0.2) is 18.6 Å². The van der Waals surface area contributed by atoms with E-state index in [2.05, 4.69) is 20.9 Å². The first-order valence-electron chi connectivity index (χ1n) is 11.2. The summed E-state index contributed by atoms with van der Waals surface area (Å²) in [6.45, 7) is 0. The lowest BCUT2D eigenvalue weighted by molar-refractivity contribution is -0.116. The van der Waals surface area contributed by atoms with E-state index in [0.29, 0.717) is 35.7 Å². The number of nitrogens with one attached hydrogen (secondary N) is 3. The van der Waals surface area contributed by atoms with E-state index >= 15 is 0 Å². The molecule has 10 heteroatoms. The number of carbonyl (C=O) groups excluding carboxylic acids is 2. The van der Waals surface area contributed by atoms with Gasteiger partial charge in [-0.15, -0.1) is 0 Å². The molecule has 2 heterocycles. The number of phenols is 1. The van der Waals surface area contributed by atoms with Crippen LogP contribution in [0, 0.1) is 17.6 Å². The van der Waals surface area contributed by atoms with Crippen LogP contribution in [0.5, 0.6) is 17.2 Å². The summed E-state index contributed by atoms with van der Waals surface area (Å²) in [7, 11) is 0. The molecule has 6 rings (SSSR count). The number of urea groups is 1. The summed E-state index contributed by atoms with van der Waals surface area (Å²) in [6, 6.07) is 9.28. The maximum atomic E-state index is 13.4. The number of phenolic OH excluding ortho intramolecular Hbond substituents is 1. The zero-order valence-corrected chi connectivity index (χ0v) is 18.3. The molecule has 0 bridgehead atoms. The smallest absolute Gasteiger partial charge is 0.319 e. The van der Waals surface area contributed by atoms with Gasteiger partial charge in [-0.2, -0.15) is 0 Å². The average molecular weight is 478 g/mol. The zero-order valence-electron chi connectivity index (χ0n) is 18.3. The highest BCUT2D eigenvalue weighted by molar-refractivity contribution is 5.93.